The number of thiophene rings is 1. The number of nitriles is 1. The van der Waals surface area contributed by atoms with E-state index in [1.807, 2.05) is 23.6 Å². The summed E-state index contributed by atoms with van der Waals surface area (Å²) in [6, 6.07) is 11.3. The van der Waals surface area contributed by atoms with E-state index in [0.717, 1.165) is 28.7 Å². The molecule has 1 aliphatic rings. The molecular formula is C18H14ClN5OS2. The Morgan fingerprint density at radius 1 is 1.41 bits per heavy atom. The summed E-state index contributed by atoms with van der Waals surface area (Å²) in [6.07, 6.45) is 2.22. The Bertz CT molecular complexity index is 1020. The van der Waals surface area contributed by atoms with Crippen LogP contribution < -0.4 is 5.32 Å². The summed E-state index contributed by atoms with van der Waals surface area (Å²) in [5, 5.41) is 23.4. The number of hydrogen-bond acceptors (Lipinski definition) is 6. The molecule has 0 atom stereocenters. The molecule has 0 unspecified atom stereocenters. The molecule has 3 aromatic rings. The standard InChI is InChI=1S/C18H14ClN5OS2/c19-14-8-12(4-3-11(14)9-20)21-16(25)10-27-18-23-22-17(15-2-1-7-26-15)24(18)13-5-6-13/h1-4,7-8,13H,5-6,10H2,(H,21,25). The Hall–Kier alpha value is -2.34. The lowest BCUT2D eigenvalue weighted by Gasteiger charge is -2.08. The van der Waals surface area contributed by atoms with E-state index in [-0.39, 0.29) is 11.7 Å². The quantitative estimate of drug-likeness (QED) is 0.595. The second-order valence-corrected chi connectivity index (χ2v) is 8.33. The van der Waals surface area contributed by atoms with Gasteiger partial charge in [-0.2, -0.15) is 5.26 Å². The highest BCUT2D eigenvalue weighted by molar-refractivity contribution is 7.99. The van der Waals surface area contributed by atoms with Crippen LogP contribution in [0.2, 0.25) is 5.02 Å². The fourth-order valence-corrected chi connectivity index (χ4v) is 4.36. The normalized spacial score (nSPS) is 13.3. The van der Waals surface area contributed by atoms with Crippen LogP contribution in [0.3, 0.4) is 0 Å². The lowest BCUT2D eigenvalue weighted by molar-refractivity contribution is -0.113. The number of carbonyl (C=O) groups is 1. The molecule has 1 amide bonds. The SMILES string of the molecule is N#Cc1ccc(NC(=O)CSc2nnc(-c3cccs3)n2C2CC2)cc1Cl. The summed E-state index contributed by atoms with van der Waals surface area (Å²) in [5.74, 6) is 0.922. The van der Waals surface area contributed by atoms with Crippen molar-refractivity contribution in [3.8, 4) is 16.8 Å². The average Bonchev–Trinajstić information content (AvgIpc) is 3.18. The highest BCUT2D eigenvalue weighted by Gasteiger charge is 2.30. The first-order valence-corrected chi connectivity index (χ1v) is 10.5. The van der Waals surface area contributed by atoms with Gasteiger partial charge in [-0.3, -0.25) is 9.36 Å². The first-order valence-electron chi connectivity index (χ1n) is 8.27. The van der Waals surface area contributed by atoms with Crippen LogP contribution in [0.15, 0.2) is 40.9 Å². The number of hydrogen-bond donors (Lipinski definition) is 1. The number of anilines is 1. The molecule has 136 valence electrons. The molecular weight excluding hydrogens is 402 g/mol. The van der Waals surface area contributed by atoms with E-state index in [9.17, 15) is 4.79 Å². The van der Waals surface area contributed by atoms with Crippen molar-refractivity contribution in [3.05, 3.63) is 46.3 Å². The van der Waals surface area contributed by atoms with Crippen molar-refractivity contribution in [1.82, 2.24) is 14.8 Å². The zero-order chi connectivity index (χ0) is 18.8. The number of nitrogens with one attached hydrogen (secondary N) is 1. The largest absolute Gasteiger partial charge is 0.325 e. The molecule has 2 heterocycles. The van der Waals surface area contributed by atoms with Gasteiger partial charge in [-0.1, -0.05) is 29.4 Å². The van der Waals surface area contributed by atoms with E-state index in [2.05, 4.69) is 20.1 Å². The summed E-state index contributed by atoms with van der Waals surface area (Å²) in [4.78, 5) is 13.4. The molecule has 0 aliphatic heterocycles. The number of benzene rings is 1. The minimum atomic E-state index is -0.163. The van der Waals surface area contributed by atoms with Gasteiger partial charge >= 0.3 is 0 Å². The molecule has 1 aromatic carbocycles. The second-order valence-electron chi connectivity index (χ2n) is 6.03. The van der Waals surface area contributed by atoms with Crippen LogP contribution in [0.5, 0.6) is 0 Å². The van der Waals surface area contributed by atoms with E-state index in [1.54, 1.807) is 29.5 Å². The van der Waals surface area contributed by atoms with Crippen molar-refractivity contribution in [2.45, 2.75) is 24.0 Å². The molecule has 0 saturated heterocycles. The van der Waals surface area contributed by atoms with E-state index in [4.69, 9.17) is 16.9 Å². The summed E-state index contributed by atoms with van der Waals surface area (Å²) in [5.41, 5.74) is 0.940. The molecule has 1 N–H and O–H groups in total. The highest BCUT2D eigenvalue weighted by Crippen LogP contribution is 2.41. The van der Waals surface area contributed by atoms with Crippen molar-refractivity contribution in [2.75, 3.05) is 11.1 Å². The maximum atomic E-state index is 12.3. The lowest BCUT2D eigenvalue weighted by atomic mass is 10.2. The van der Waals surface area contributed by atoms with Gasteiger partial charge in [-0.05, 0) is 42.5 Å². The third-order valence-corrected chi connectivity index (χ3v) is 6.15. The minimum absolute atomic E-state index is 0.163. The Labute approximate surface area is 169 Å². The minimum Gasteiger partial charge on any atom is -0.325 e. The third kappa shape index (κ3) is 4.00. The fourth-order valence-electron chi connectivity index (χ4n) is 2.62. The Kier molecular flexibility index (Phi) is 5.16. The third-order valence-electron chi connectivity index (χ3n) is 4.02. The maximum Gasteiger partial charge on any atom is 0.234 e. The second kappa shape index (κ2) is 7.72. The molecule has 9 heteroatoms. The van der Waals surface area contributed by atoms with Gasteiger partial charge in [-0.25, -0.2) is 0 Å². The molecule has 2 aromatic heterocycles. The zero-order valence-electron chi connectivity index (χ0n) is 14.1. The van der Waals surface area contributed by atoms with Crippen LogP contribution >= 0.6 is 34.7 Å². The van der Waals surface area contributed by atoms with Gasteiger partial charge in [0.2, 0.25) is 5.91 Å². The number of thioether (sulfide) groups is 1. The van der Waals surface area contributed by atoms with Crippen LogP contribution in [0.4, 0.5) is 5.69 Å². The van der Waals surface area contributed by atoms with Gasteiger partial charge in [0.05, 0.1) is 21.2 Å². The number of nitrogens with zero attached hydrogens (tertiary/aromatic N) is 4. The predicted molar refractivity (Wildman–Crippen MR) is 107 cm³/mol. The molecule has 27 heavy (non-hydrogen) atoms. The Morgan fingerprint density at radius 3 is 2.93 bits per heavy atom. The summed E-state index contributed by atoms with van der Waals surface area (Å²) >= 11 is 9.00. The summed E-state index contributed by atoms with van der Waals surface area (Å²) < 4.78 is 2.14. The van der Waals surface area contributed by atoms with Crippen LogP contribution in [0.25, 0.3) is 10.7 Å². The lowest BCUT2D eigenvalue weighted by Crippen LogP contribution is -2.14. The zero-order valence-corrected chi connectivity index (χ0v) is 16.4. The van der Waals surface area contributed by atoms with Crippen molar-refractivity contribution >= 4 is 46.3 Å². The van der Waals surface area contributed by atoms with Crippen molar-refractivity contribution in [2.24, 2.45) is 0 Å². The van der Waals surface area contributed by atoms with Gasteiger partial charge in [0.1, 0.15) is 6.07 Å². The van der Waals surface area contributed by atoms with Gasteiger partial charge in [0.25, 0.3) is 0 Å². The topological polar surface area (TPSA) is 83.6 Å². The highest BCUT2D eigenvalue weighted by atomic mass is 35.5. The number of amides is 1. The maximum absolute atomic E-state index is 12.3. The predicted octanol–water partition coefficient (Wildman–Crippen LogP) is 4.60. The van der Waals surface area contributed by atoms with Gasteiger partial charge in [0.15, 0.2) is 11.0 Å². The Morgan fingerprint density at radius 2 is 2.26 bits per heavy atom. The molecule has 0 radical (unpaired) electrons. The smallest absolute Gasteiger partial charge is 0.234 e. The van der Waals surface area contributed by atoms with Crippen molar-refractivity contribution in [1.29, 1.82) is 5.26 Å². The fraction of sp³-hybridized carbons (Fsp3) is 0.222. The molecule has 4 rings (SSSR count). The van der Waals surface area contributed by atoms with Crippen LogP contribution in [0.1, 0.15) is 24.4 Å². The molecule has 1 fully saturated rings. The van der Waals surface area contributed by atoms with Gasteiger partial charge in [-0.15, -0.1) is 21.5 Å². The van der Waals surface area contributed by atoms with Crippen LogP contribution in [-0.4, -0.2) is 26.4 Å². The van der Waals surface area contributed by atoms with Crippen molar-refractivity contribution < 1.29 is 4.79 Å². The van der Waals surface area contributed by atoms with Gasteiger partial charge in [0, 0.05) is 11.7 Å². The molecule has 6 nitrogen and oxygen atoms in total. The van der Waals surface area contributed by atoms with Gasteiger partial charge < -0.3 is 5.32 Å². The average molecular weight is 416 g/mol. The summed E-state index contributed by atoms with van der Waals surface area (Å²) in [6.45, 7) is 0. The molecule has 1 aliphatic carbocycles. The molecule has 0 spiro atoms. The van der Waals surface area contributed by atoms with E-state index < -0.39 is 0 Å². The van der Waals surface area contributed by atoms with E-state index >= 15 is 0 Å². The number of halogens is 1. The van der Waals surface area contributed by atoms with E-state index in [1.165, 1.54) is 11.8 Å². The molecule has 0 bridgehead atoms. The molecule has 1 saturated carbocycles. The number of rotatable bonds is 6. The monoisotopic (exact) mass is 415 g/mol. The van der Waals surface area contributed by atoms with Crippen LogP contribution in [0, 0.1) is 11.3 Å². The summed E-state index contributed by atoms with van der Waals surface area (Å²) in [7, 11) is 0. The van der Waals surface area contributed by atoms with E-state index in [0.29, 0.717) is 22.3 Å². The number of aromatic nitrogens is 3. The van der Waals surface area contributed by atoms with Crippen molar-refractivity contribution in [3.63, 3.8) is 0 Å². The number of carbonyl (C=O) groups excluding carboxylic acids is 1. The first-order chi connectivity index (χ1) is 13.2. The van der Waals surface area contributed by atoms with Crippen LogP contribution in [-0.2, 0) is 4.79 Å². The Balaban J connectivity index is 1.44. The first kappa shape index (κ1) is 18.0.